The van der Waals surface area contributed by atoms with Crippen LogP contribution in [-0.4, -0.2) is 66.8 Å². The van der Waals surface area contributed by atoms with Crippen LogP contribution in [0.5, 0.6) is 0 Å². The summed E-state index contributed by atoms with van der Waals surface area (Å²) in [7, 11) is 3.78. The molecule has 0 radical (unpaired) electrons. The summed E-state index contributed by atoms with van der Waals surface area (Å²) >= 11 is 0. The van der Waals surface area contributed by atoms with Crippen molar-refractivity contribution in [1.29, 1.82) is 0 Å². The monoisotopic (exact) mass is 334 g/mol. The van der Waals surface area contributed by atoms with Gasteiger partial charge in [0.1, 0.15) is 0 Å². The lowest BCUT2D eigenvalue weighted by molar-refractivity contribution is 0.0245. The van der Waals surface area contributed by atoms with Crippen molar-refractivity contribution in [2.75, 3.05) is 40.3 Å². The maximum Gasteiger partial charge on any atom is 0.317 e. The summed E-state index contributed by atoms with van der Waals surface area (Å²) in [5.74, 6) is 0.521. The Morgan fingerprint density at radius 1 is 1.54 bits per heavy atom. The Kier molecular flexibility index (Phi) is 6.57. The van der Waals surface area contributed by atoms with Gasteiger partial charge in [0.05, 0.1) is 5.60 Å². The minimum atomic E-state index is -0.335. The van der Waals surface area contributed by atoms with E-state index in [9.17, 15) is 4.79 Å². The van der Waals surface area contributed by atoms with Gasteiger partial charge < -0.3 is 19.9 Å². The molecule has 134 valence electrons. The van der Waals surface area contributed by atoms with E-state index in [1.165, 1.54) is 5.56 Å². The van der Waals surface area contributed by atoms with Crippen LogP contribution in [0.1, 0.15) is 25.8 Å². The minimum Gasteiger partial charge on any atom is -0.377 e. The van der Waals surface area contributed by atoms with E-state index in [1.807, 2.05) is 31.0 Å². The number of nitrogens with zero attached hydrogens (tertiary/aromatic N) is 3. The fourth-order valence-corrected chi connectivity index (χ4v) is 2.95. The lowest BCUT2D eigenvalue weighted by atomic mass is 10.1. The number of ether oxygens (including phenoxy) is 1. The molecule has 0 aromatic carbocycles. The van der Waals surface area contributed by atoms with Gasteiger partial charge in [-0.05, 0) is 44.9 Å². The van der Waals surface area contributed by atoms with Crippen LogP contribution in [-0.2, 0) is 11.3 Å². The molecule has 0 aliphatic carbocycles. The zero-order valence-corrected chi connectivity index (χ0v) is 15.3. The molecular weight excluding hydrogens is 304 g/mol. The average molecular weight is 334 g/mol. The molecule has 1 atom stereocenters. The Hall–Kier alpha value is -1.66. The van der Waals surface area contributed by atoms with Crippen LogP contribution in [0.2, 0.25) is 0 Å². The lowest BCUT2D eigenvalue weighted by Crippen LogP contribution is -2.45. The Morgan fingerprint density at radius 2 is 2.33 bits per heavy atom. The number of pyridine rings is 1. The fourth-order valence-electron chi connectivity index (χ4n) is 2.95. The Labute approximate surface area is 145 Å². The largest absolute Gasteiger partial charge is 0.377 e. The number of likely N-dealkylation sites (tertiary alicyclic amines) is 1. The van der Waals surface area contributed by atoms with Crippen molar-refractivity contribution < 1.29 is 9.53 Å². The number of amides is 2. The third-order valence-corrected chi connectivity index (χ3v) is 4.54. The number of hydrogen-bond acceptors (Lipinski definition) is 4. The maximum atomic E-state index is 12.3. The second-order valence-electron chi connectivity index (χ2n) is 7.28. The van der Waals surface area contributed by atoms with E-state index in [0.717, 1.165) is 32.6 Å². The van der Waals surface area contributed by atoms with Gasteiger partial charge in [0.2, 0.25) is 0 Å². The normalized spacial score (nSPS) is 18.2. The van der Waals surface area contributed by atoms with E-state index in [1.54, 1.807) is 13.3 Å². The van der Waals surface area contributed by atoms with Crippen LogP contribution in [0.3, 0.4) is 0 Å². The molecule has 0 bridgehead atoms. The SMILES string of the molecule is COC(C)(C)CNC(=O)N1CCC(CN(C)Cc2cccnc2)C1. The number of hydrogen-bond donors (Lipinski definition) is 1. The smallest absolute Gasteiger partial charge is 0.317 e. The molecule has 1 unspecified atom stereocenters. The molecule has 0 saturated carbocycles. The van der Waals surface area contributed by atoms with Crippen molar-refractivity contribution in [2.24, 2.45) is 5.92 Å². The van der Waals surface area contributed by atoms with E-state index >= 15 is 0 Å². The number of methoxy groups -OCH3 is 1. The fraction of sp³-hybridized carbons (Fsp3) is 0.667. The number of carbonyl (C=O) groups is 1. The van der Waals surface area contributed by atoms with Crippen molar-refractivity contribution in [3.8, 4) is 0 Å². The summed E-state index contributed by atoms with van der Waals surface area (Å²) in [5.41, 5.74) is 0.882. The minimum absolute atomic E-state index is 0.0116. The van der Waals surface area contributed by atoms with Crippen molar-refractivity contribution in [3.05, 3.63) is 30.1 Å². The molecule has 1 N–H and O–H groups in total. The quantitative estimate of drug-likeness (QED) is 0.828. The first-order valence-electron chi connectivity index (χ1n) is 8.55. The number of carbonyl (C=O) groups excluding carboxylic acids is 1. The lowest BCUT2D eigenvalue weighted by Gasteiger charge is -2.25. The first kappa shape index (κ1) is 18.7. The highest BCUT2D eigenvalue weighted by molar-refractivity contribution is 5.74. The maximum absolute atomic E-state index is 12.3. The molecule has 1 aliphatic heterocycles. The van der Waals surface area contributed by atoms with Crippen molar-refractivity contribution in [3.63, 3.8) is 0 Å². The molecule has 2 amide bonds. The summed E-state index contributed by atoms with van der Waals surface area (Å²) in [5, 5.41) is 2.97. The molecule has 2 rings (SSSR count). The Morgan fingerprint density at radius 3 is 3.00 bits per heavy atom. The van der Waals surface area contributed by atoms with E-state index < -0.39 is 0 Å². The molecule has 6 nitrogen and oxygen atoms in total. The van der Waals surface area contributed by atoms with Gasteiger partial charge in [-0.1, -0.05) is 6.07 Å². The molecule has 1 saturated heterocycles. The predicted octanol–water partition coefficient (Wildman–Crippen LogP) is 1.97. The first-order valence-corrected chi connectivity index (χ1v) is 8.55. The van der Waals surface area contributed by atoms with Gasteiger partial charge in [-0.15, -0.1) is 0 Å². The van der Waals surface area contributed by atoms with Gasteiger partial charge >= 0.3 is 6.03 Å². The zero-order valence-electron chi connectivity index (χ0n) is 15.3. The average Bonchev–Trinajstić information content (AvgIpc) is 3.02. The van der Waals surface area contributed by atoms with Gasteiger partial charge in [-0.2, -0.15) is 0 Å². The summed E-state index contributed by atoms with van der Waals surface area (Å²) in [4.78, 5) is 20.6. The van der Waals surface area contributed by atoms with E-state index in [4.69, 9.17) is 4.74 Å². The molecule has 1 aliphatic rings. The van der Waals surface area contributed by atoms with E-state index in [2.05, 4.69) is 28.3 Å². The van der Waals surface area contributed by atoms with Gasteiger partial charge in [0.25, 0.3) is 0 Å². The van der Waals surface area contributed by atoms with E-state index in [-0.39, 0.29) is 11.6 Å². The molecule has 24 heavy (non-hydrogen) atoms. The van der Waals surface area contributed by atoms with Gasteiger partial charge in [-0.3, -0.25) is 4.98 Å². The van der Waals surface area contributed by atoms with Crippen molar-refractivity contribution in [2.45, 2.75) is 32.4 Å². The summed E-state index contributed by atoms with van der Waals surface area (Å²) < 4.78 is 5.34. The van der Waals surface area contributed by atoms with E-state index in [0.29, 0.717) is 12.5 Å². The van der Waals surface area contributed by atoms with Crippen LogP contribution in [0, 0.1) is 5.92 Å². The molecule has 1 aromatic rings. The summed E-state index contributed by atoms with van der Waals surface area (Å²) in [6.07, 6.45) is 4.75. The van der Waals surface area contributed by atoms with Crippen LogP contribution >= 0.6 is 0 Å². The third-order valence-electron chi connectivity index (χ3n) is 4.54. The predicted molar refractivity (Wildman–Crippen MR) is 94.7 cm³/mol. The van der Waals surface area contributed by atoms with Crippen LogP contribution < -0.4 is 5.32 Å². The van der Waals surface area contributed by atoms with Crippen LogP contribution in [0.4, 0.5) is 4.79 Å². The highest BCUT2D eigenvalue weighted by Gasteiger charge is 2.28. The summed E-state index contributed by atoms with van der Waals surface area (Å²) in [6, 6.07) is 4.07. The van der Waals surface area contributed by atoms with Gasteiger partial charge in [0.15, 0.2) is 0 Å². The molecular formula is C18H30N4O2. The standard InChI is InChI=1S/C18H30N4O2/c1-18(2,24-4)14-20-17(23)22-9-7-16(13-22)12-21(3)11-15-6-5-8-19-10-15/h5-6,8,10,16H,7,9,11-14H2,1-4H3,(H,20,23). The number of nitrogens with one attached hydrogen (secondary N) is 1. The van der Waals surface area contributed by atoms with Crippen molar-refractivity contribution in [1.82, 2.24) is 20.1 Å². The van der Waals surface area contributed by atoms with Crippen molar-refractivity contribution >= 4 is 6.03 Å². The van der Waals surface area contributed by atoms with Gasteiger partial charge in [0, 0.05) is 52.2 Å². The molecule has 2 heterocycles. The Balaban J connectivity index is 1.73. The second kappa shape index (κ2) is 8.44. The second-order valence-corrected chi connectivity index (χ2v) is 7.28. The molecule has 1 fully saturated rings. The number of rotatable bonds is 7. The van der Waals surface area contributed by atoms with Crippen LogP contribution in [0.15, 0.2) is 24.5 Å². The number of aromatic nitrogens is 1. The topological polar surface area (TPSA) is 57.7 Å². The van der Waals surface area contributed by atoms with Crippen LogP contribution in [0.25, 0.3) is 0 Å². The Bertz CT molecular complexity index is 521. The summed E-state index contributed by atoms with van der Waals surface area (Å²) in [6.45, 7) is 7.97. The molecule has 0 spiro atoms. The first-order chi connectivity index (χ1) is 11.4. The number of urea groups is 1. The third kappa shape index (κ3) is 5.76. The molecule has 6 heteroatoms. The molecule has 1 aromatic heterocycles. The van der Waals surface area contributed by atoms with Gasteiger partial charge in [-0.25, -0.2) is 4.79 Å². The highest BCUT2D eigenvalue weighted by atomic mass is 16.5. The zero-order chi connectivity index (χ0) is 17.6. The highest BCUT2D eigenvalue weighted by Crippen LogP contribution is 2.18.